The quantitative estimate of drug-likeness (QED) is 0.767. The summed E-state index contributed by atoms with van der Waals surface area (Å²) in [5.41, 5.74) is 5.92. The van der Waals surface area contributed by atoms with E-state index in [1.165, 1.54) is 0 Å². The van der Waals surface area contributed by atoms with Crippen LogP contribution in [0, 0.1) is 5.41 Å². The molecule has 3 N–H and O–H groups in total. The second-order valence-corrected chi connectivity index (χ2v) is 5.20. The van der Waals surface area contributed by atoms with Crippen LogP contribution in [0.3, 0.4) is 0 Å². The van der Waals surface area contributed by atoms with Crippen molar-refractivity contribution in [2.75, 3.05) is 26.2 Å². The molecule has 0 radical (unpaired) electrons. The Morgan fingerprint density at radius 2 is 2.19 bits per heavy atom. The van der Waals surface area contributed by atoms with Gasteiger partial charge in [0.1, 0.15) is 0 Å². The summed E-state index contributed by atoms with van der Waals surface area (Å²) in [6.45, 7) is 9.28. The molecule has 4 nitrogen and oxygen atoms in total. The minimum Gasteiger partial charge on any atom is -0.353 e. The number of amides is 1. The van der Waals surface area contributed by atoms with Crippen LogP contribution in [0.2, 0.25) is 0 Å². The van der Waals surface area contributed by atoms with Gasteiger partial charge in [0.15, 0.2) is 0 Å². The van der Waals surface area contributed by atoms with Crippen LogP contribution in [0.15, 0.2) is 0 Å². The number of carbonyl (C=O) groups is 1. The summed E-state index contributed by atoms with van der Waals surface area (Å²) in [7, 11) is 0. The lowest BCUT2D eigenvalue weighted by Crippen LogP contribution is -2.40. The van der Waals surface area contributed by atoms with Gasteiger partial charge in [-0.2, -0.15) is 0 Å². The molecule has 0 aromatic rings. The van der Waals surface area contributed by atoms with E-state index in [9.17, 15) is 4.79 Å². The Hall–Kier alpha value is -0.320. The Morgan fingerprint density at radius 1 is 1.56 bits per heavy atom. The number of hydrogen-bond donors (Lipinski definition) is 2. The number of halogens is 1. The first-order valence-corrected chi connectivity index (χ1v) is 5.67. The molecule has 1 saturated heterocycles. The Kier molecular flexibility index (Phi) is 6.30. The lowest BCUT2D eigenvalue weighted by Gasteiger charge is -2.22. The fourth-order valence-electron chi connectivity index (χ4n) is 2.00. The molecule has 1 atom stereocenters. The van der Waals surface area contributed by atoms with Crippen molar-refractivity contribution in [1.29, 1.82) is 0 Å². The molecule has 1 rings (SSSR count). The predicted octanol–water partition coefficient (Wildman–Crippen LogP) is 0.603. The van der Waals surface area contributed by atoms with E-state index in [0.717, 1.165) is 19.5 Å². The Labute approximate surface area is 104 Å². The first-order valence-electron chi connectivity index (χ1n) is 5.67. The van der Waals surface area contributed by atoms with Crippen LogP contribution in [-0.4, -0.2) is 43.0 Å². The van der Waals surface area contributed by atoms with E-state index >= 15 is 0 Å². The van der Waals surface area contributed by atoms with Gasteiger partial charge in [0.05, 0.1) is 6.54 Å². The van der Waals surface area contributed by atoms with Gasteiger partial charge < -0.3 is 11.1 Å². The number of likely N-dealkylation sites (tertiary alicyclic amines) is 1. The minimum absolute atomic E-state index is 0. The van der Waals surface area contributed by atoms with Gasteiger partial charge in [-0.25, -0.2) is 0 Å². The van der Waals surface area contributed by atoms with Gasteiger partial charge in [0, 0.05) is 12.6 Å². The van der Waals surface area contributed by atoms with Crippen molar-refractivity contribution >= 4 is 18.3 Å². The van der Waals surface area contributed by atoms with Crippen LogP contribution in [-0.2, 0) is 4.79 Å². The number of nitrogens with zero attached hydrogens (tertiary/aromatic N) is 1. The summed E-state index contributed by atoms with van der Waals surface area (Å²) >= 11 is 0. The molecule has 1 unspecified atom stereocenters. The monoisotopic (exact) mass is 249 g/mol. The van der Waals surface area contributed by atoms with Crippen LogP contribution in [0.25, 0.3) is 0 Å². The number of hydrogen-bond acceptors (Lipinski definition) is 3. The van der Waals surface area contributed by atoms with Crippen LogP contribution in [0.5, 0.6) is 0 Å². The standard InChI is InChI=1S/C11H23N3O.ClH/c1-9(2)13-10(15)6-14-5-4-11(3,7-12)8-14;/h9H,4-8,12H2,1-3H3,(H,13,15);1H. The molecule has 5 heteroatoms. The number of nitrogens with one attached hydrogen (secondary N) is 1. The number of carbonyl (C=O) groups excluding carboxylic acids is 1. The summed E-state index contributed by atoms with van der Waals surface area (Å²) in [6, 6.07) is 0.223. The van der Waals surface area contributed by atoms with E-state index in [0.29, 0.717) is 13.1 Å². The Balaban J connectivity index is 0.00000225. The molecule has 0 bridgehead atoms. The highest BCUT2D eigenvalue weighted by atomic mass is 35.5. The van der Waals surface area contributed by atoms with Crippen molar-refractivity contribution in [3.8, 4) is 0 Å². The molecule has 0 saturated carbocycles. The van der Waals surface area contributed by atoms with Crippen molar-refractivity contribution < 1.29 is 4.79 Å². The maximum absolute atomic E-state index is 11.5. The molecular weight excluding hydrogens is 226 g/mol. The average molecular weight is 250 g/mol. The molecule has 96 valence electrons. The zero-order chi connectivity index (χ0) is 11.5. The largest absolute Gasteiger partial charge is 0.353 e. The third-order valence-electron chi connectivity index (χ3n) is 2.95. The summed E-state index contributed by atoms with van der Waals surface area (Å²) < 4.78 is 0. The van der Waals surface area contributed by atoms with E-state index in [-0.39, 0.29) is 29.8 Å². The van der Waals surface area contributed by atoms with E-state index in [1.807, 2.05) is 13.8 Å². The minimum atomic E-state index is 0. The van der Waals surface area contributed by atoms with E-state index in [1.54, 1.807) is 0 Å². The zero-order valence-corrected chi connectivity index (χ0v) is 11.3. The van der Waals surface area contributed by atoms with Gasteiger partial charge in [-0.3, -0.25) is 9.69 Å². The predicted molar refractivity (Wildman–Crippen MR) is 68.7 cm³/mol. The topological polar surface area (TPSA) is 58.4 Å². The summed E-state index contributed by atoms with van der Waals surface area (Å²) in [5.74, 6) is 0.117. The van der Waals surface area contributed by atoms with Crippen molar-refractivity contribution in [2.24, 2.45) is 11.1 Å². The summed E-state index contributed by atoms with van der Waals surface area (Å²) in [4.78, 5) is 13.7. The molecule has 0 aromatic carbocycles. The van der Waals surface area contributed by atoms with Crippen LogP contribution in [0.4, 0.5) is 0 Å². The third-order valence-corrected chi connectivity index (χ3v) is 2.95. The van der Waals surface area contributed by atoms with Gasteiger partial charge >= 0.3 is 0 Å². The Morgan fingerprint density at radius 3 is 2.62 bits per heavy atom. The SMILES string of the molecule is CC(C)NC(=O)CN1CCC(C)(CN)C1.Cl. The second kappa shape index (κ2) is 6.42. The molecule has 1 amide bonds. The van der Waals surface area contributed by atoms with Crippen molar-refractivity contribution in [2.45, 2.75) is 33.2 Å². The van der Waals surface area contributed by atoms with Gasteiger partial charge in [0.25, 0.3) is 0 Å². The zero-order valence-electron chi connectivity index (χ0n) is 10.5. The third kappa shape index (κ3) is 4.68. The first kappa shape index (κ1) is 15.7. The van der Waals surface area contributed by atoms with Crippen molar-refractivity contribution in [3.05, 3.63) is 0 Å². The Bertz CT molecular complexity index is 235. The molecule has 0 aromatic heterocycles. The van der Waals surface area contributed by atoms with Crippen LogP contribution in [0.1, 0.15) is 27.2 Å². The highest BCUT2D eigenvalue weighted by molar-refractivity contribution is 5.85. The van der Waals surface area contributed by atoms with Crippen molar-refractivity contribution in [3.63, 3.8) is 0 Å². The number of rotatable bonds is 4. The van der Waals surface area contributed by atoms with Gasteiger partial charge in [-0.1, -0.05) is 6.92 Å². The molecule has 1 heterocycles. The molecular formula is C11H24ClN3O. The maximum atomic E-state index is 11.5. The molecule has 1 fully saturated rings. The van der Waals surface area contributed by atoms with E-state index < -0.39 is 0 Å². The van der Waals surface area contributed by atoms with Crippen LogP contribution < -0.4 is 11.1 Å². The lowest BCUT2D eigenvalue weighted by atomic mass is 9.90. The maximum Gasteiger partial charge on any atom is 0.234 e. The van der Waals surface area contributed by atoms with E-state index in [4.69, 9.17) is 5.73 Å². The average Bonchev–Trinajstić information content (AvgIpc) is 2.47. The van der Waals surface area contributed by atoms with Gasteiger partial charge in [0.2, 0.25) is 5.91 Å². The highest BCUT2D eigenvalue weighted by Gasteiger charge is 2.32. The number of nitrogens with two attached hydrogens (primary N) is 1. The summed E-state index contributed by atoms with van der Waals surface area (Å²) in [5, 5.41) is 2.90. The fourth-order valence-corrected chi connectivity index (χ4v) is 2.00. The highest BCUT2D eigenvalue weighted by Crippen LogP contribution is 2.27. The lowest BCUT2D eigenvalue weighted by molar-refractivity contribution is -0.122. The van der Waals surface area contributed by atoms with E-state index in [2.05, 4.69) is 17.1 Å². The molecule has 0 aliphatic carbocycles. The molecule has 0 spiro atoms. The molecule has 1 aliphatic heterocycles. The van der Waals surface area contributed by atoms with Gasteiger partial charge in [-0.05, 0) is 38.8 Å². The fraction of sp³-hybridized carbons (Fsp3) is 0.909. The van der Waals surface area contributed by atoms with Gasteiger partial charge in [-0.15, -0.1) is 12.4 Å². The first-order chi connectivity index (χ1) is 6.95. The van der Waals surface area contributed by atoms with Crippen molar-refractivity contribution in [1.82, 2.24) is 10.2 Å². The summed E-state index contributed by atoms with van der Waals surface area (Å²) in [6.07, 6.45) is 1.10. The normalized spacial score (nSPS) is 25.6. The molecule has 16 heavy (non-hydrogen) atoms. The second-order valence-electron chi connectivity index (χ2n) is 5.20. The molecule has 1 aliphatic rings. The van der Waals surface area contributed by atoms with Crippen LogP contribution >= 0.6 is 12.4 Å². The smallest absolute Gasteiger partial charge is 0.234 e.